The van der Waals surface area contributed by atoms with Gasteiger partial charge in [-0.15, -0.1) is 0 Å². The van der Waals surface area contributed by atoms with Crippen molar-refractivity contribution in [1.29, 1.82) is 0 Å². The lowest BCUT2D eigenvalue weighted by atomic mass is 10.1. The zero-order chi connectivity index (χ0) is 16.3. The van der Waals surface area contributed by atoms with Gasteiger partial charge in [-0.25, -0.2) is 0 Å². The van der Waals surface area contributed by atoms with E-state index in [0.29, 0.717) is 6.61 Å². The fourth-order valence-electron chi connectivity index (χ4n) is 2.07. The molecule has 0 heterocycles. The van der Waals surface area contributed by atoms with Gasteiger partial charge in [0.15, 0.2) is 0 Å². The Morgan fingerprint density at radius 3 is 2.32 bits per heavy atom. The Labute approximate surface area is 139 Å². The zero-order valence-corrected chi connectivity index (χ0v) is 15.0. The number of rotatable bonds is 5. The highest BCUT2D eigenvalue weighted by atomic mass is 79.9. The highest BCUT2D eigenvalue weighted by molar-refractivity contribution is 9.10. The van der Waals surface area contributed by atoms with Gasteiger partial charge in [0.05, 0.1) is 6.26 Å². The fraction of sp³-hybridized carbons (Fsp3) is 0.250. The Hall–Kier alpha value is -1.53. The van der Waals surface area contributed by atoms with Crippen LogP contribution in [0.25, 0.3) is 0 Å². The summed E-state index contributed by atoms with van der Waals surface area (Å²) in [5.74, 6) is 1.11. The molecule has 0 unspecified atom stereocenters. The predicted molar refractivity (Wildman–Crippen MR) is 89.9 cm³/mol. The Balaban J connectivity index is 2.21. The molecular weight excluding hydrogens is 368 g/mol. The van der Waals surface area contributed by atoms with E-state index in [1.165, 1.54) is 0 Å². The SMILES string of the molecule is Cc1cccc(C)c1OCc1cc(OS(C)(=O)=O)ccc1Br. The first-order valence-electron chi connectivity index (χ1n) is 6.63. The molecule has 0 radical (unpaired) electrons. The standard InChI is InChI=1S/C16H17BrO4S/c1-11-5-4-6-12(2)16(11)20-10-13-9-14(7-8-15(13)17)21-22(3,18)19/h4-9H,10H2,1-3H3. The molecule has 0 atom stereocenters. The van der Waals surface area contributed by atoms with E-state index >= 15 is 0 Å². The van der Waals surface area contributed by atoms with Crippen LogP contribution in [0.3, 0.4) is 0 Å². The predicted octanol–water partition coefficient (Wildman–Crippen LogP) is 3.98. The van der Waals surface area contributed by atoms with Gasteiger partial charge in [-0.2, -0.15) is 8.42 Å². The first kappa shape index (κ1) is 16.8. The Kier molecular flexibility index (Phi) is 5.13. The summed E-state index contributed by atoms with van der Waals surface area (Å²) in [5, 5.41) is 0. The molecular formula is C16H17BrO4S. The molecule has 22 heavy (non-hydrogen) atoms. The van der Waals surface area contributed by atoms with Crippen LogP contribution in [-0.2, 0) is 16.7 Å². The molecule has 0 aliphatic carbocycles. The monoisotopic (exact) mass is 384 g/mol. The molecule has 0 N–H and O–H groups in total. The summed E-state index contributed by atoms with van der Waals surface area (Å²) in [6, 6.07) is 10.9. The molecule has 2 rings (SSSR count). The number of hydrogen-bond acceptors (Lipinski definition) is 4. The van der Waals surface area contributed by atoms with Gasteiger partial charge in [0.1, 0.15) is 18.1 Å². The maximum Gasteiger partial charge on any atom is 0.306 e. The van der Waals surface area contributed by atoms with E-state index in [2.05, 4.69) is 15.9 Å². The van der Waals surface area contributed by atoms with Gasteiger partial charge in [0.25, 0.3) is 0 Å². The summed E-state index contributed by atoms with van der Waals surface area (Å²) in [5.41, 5.74) is 2.92. The molecule has 2 aromatic rings. The van der Waals surface area contributed by atoms with Crippen LogP contribution in [0.4, 0.5) is 0 Å². The fourth-order valence-corrected chi connectivity index (χ4v) is 2.88. The third-order valence-corrected chi connectivity index (χ3v) is 4.31. The van der Waals surface area contributed by atoms with Crippen molar-refractivity contribution in [2.24, 2.45) is 0 Å². The smallest absolute Gasteiger partial charge is 0.306 e. The number of aryl methyl sites for hydroxylation is 2. The molecule has 0 saturated carbocycles. The lowest BCUT2D eigenvalue weighted by Crippen LogP contribution is -2.06. The molecule has 118 valence electrons. The van der Waals surface area contributed by atoms with Crippen molar-refractivity contribution in [2.75, 3.05) is 6.26 Å². The number of hydrogen-bond donors (Lipinski definition) is 0. The zero-order valence-electron chi connectivity index (χ0n) is 12.6. The average molecular weight is 385 g/mol. The Morgan fingerprint density at radius 1 is 1.09 bits per heavy atom. The van der Waals surface area contributed by atoms with Crippen LogP contribution in [0, 0.1) is 13.8 Å². The molecule has 6 heteroatoms. The van der Waals surface area contributed by atoms with Gasteiger partial charge in [0, 0.05) is 10.0 Å². The quantitative estimate of drug-likeness (QED) is 0.731. The summed E-state index contributed by atoms with van der Waals surface area (Å²) in [6.07, 6.45) is 1.02. The topological polar surface area (TPSA) is 52.6 Å². The molecule has 0 aliphatic rings. The Bertz CT molecular complexity index is 764. The second-order valence-electron chi connectivity index (χ2n) is 5.05. The normalized spacial score (nSPS) is 11.3. The van der Waals surface area contributed by atoms with Gasteiger partial charge in [-0.1, -0.05) is 34.1 Å². The van der Waals surface area contributed by atoms with E-state index in [-0.39, 0.29) is 5.75 Å². The summed E-state index contributed by atoms with van der Waals surface area (Å²) in [4.78, 5) is 0. The minimum absolute atomic E-state index is 0.269. The van der Waals surface area contributed by atoms with Crippen LogP contribution in [0.15, 0.2) is 40.9 Å². The Morgan fingerprint density at radius 2 is 1.73 bits per heavy atom. The van der Waals surface area contributed by atoms with Crippen molar-refractivity contribution in [3.05, 3.63) is 57.6 Å². The van der Waals surface area contributed by atoms with Crippen LogP contribution in [0.5, 0.6) is 11.5 Å². The van der Waals surface area contributed by atoms with Crippen molar-refractivity contribution < 1.29 is 17.3 Å². The van der Waals surface area contributed by atoms with Crippen LogP contribution >= 0.6 is 15.9 Å². The largest absolute Gasteiger partial charge is 0.488 e. The van der Waals surface area contributed by atoms with Gasteiger partial charge in [-0.3, -0.25) is 0 Å². The maximum atomic E-state index is 11.2. The van der Waals surface area contributed by atoms with Gasteiger partial charge >= 0.3 is 10.1 Å². The minimum Gasteiger partial charge on any atom is -0.488 e. The molecule has 0 aliphatic heterocycles. The second kappa shape index (κ2) is 6.71. The first-order valence-corrected chi connectivity index (χ1v) is 9.24. The van der Waals surface area contributed by atoms with Crippen molar-refractivity contribution in [2.45, 2.75) is 20.5 Å². The third-order valence-electron chi connectivity index (χ3n) is 3.05. The van der Waals surface area contributed by atoms with Crippen molar-refractivity contribution in [1.82, 2.24) is 0 Å². The summed E-state index contributed by atoms with van der Waals surface area (Å²) >= 11 is 3.44. The van der Waals surface area contributed by atoms with Gasteiger partial charge in [-0.05, 0) is 43.2 Å². The van der Waals surface area contributed by atoms with Crippen molar-refractivity contribution in [3.63, 3.8) is 0 Å². The highest BCUT2D eigenvalue weighted by Crippen LogP contribution is 2.27. The van der Waals surface area contributed by atoms with Crippen molar-refractivity contribution in [3.8, 4) is 11.5 Å². The second-order valence-corrected chi connectivity index (χ2v) is 7.48. The average Bonchev–Trinajstić information content (AvgIpc) is 2.40. The molecule has 0 bridgehead atoms. The van der Waals surface area contributed by atoms with Crippen LogP contribution in [0.1, 0.15) is 16.7 Å². The molecule has 4 nitrogen and oxygen atoms in total. The van der Waals surface area contributed by atoms with E-state index in [0.717, 1.165) is 33.2 Å². The molecule has 0 amide bonds. The minimum atomic E-state index is -3.54. The van der Waals surface area contributed by atoms with Crippen LogP contribution in [0.2, 0.25) is 0 Å². The summed E-state index contributed by atoms with van der Waals surface area (Å²) < 4.78 is 34.0. The summed E-state index contributed by atoms with van der Waals surface area (Å²) in [6.45, 7) is 4.29. The number of halogens is 1. The lowest BCUT2D eigenvalue weighted by molar-refractivity contribution is 0.301. The van der Waals surface area contributed by atoms with E-state index in [1.54, 1.807) is 18.2 Å². The third kappa shape index (κ3) is 4.48. The van der Waals surface area contributed by atoms with Crippen molar-refractivity contribution >= 4 is 26.0 Å². The van der Waals surface area contributed by atoms with Gasteiger partial charge in [0.2, 0.25) is 0 Å². The van der Waals surface area contributed by atoms with Gasteiger partial charge < -0.3 is 8.92 Å². The van der Waals surface area contributed by atoms with E-state index in [4.69, 9.17) is 8.92 Å². The lowest BCUT2D eigenvalue weighted by Gasteiger charge is -2.13. The van der Waals surface area contributed by atoms with Crippen LogP contribution in [-0.4, -0.2) is 14.7 Å². The van der Waals surface area contributed by atoms with E-state index in [9.17, 15) is 8.42 Å². The number of benzene rings is 2. The maximum absolute atomic E-state index is 11.2. The highest BCUT2D eigenvalue weighted by Gasteiger charge is 2.10. The molecule has 0 saturated heterocycles. The van der Waals surface area contributed by atoms with E-state index < -0.39 is 10.1 Å². The molecule has 0 fully saturated rings. The van der Waals surface area contributed by atoms with E-state index in [1.807, 2.05) is 32.0 Å². The number of para-hydroxylation sites is 1. The van der Waals surface area contributed by atoms with Crippen LogP contribution < -0.4 is 8.92 Å². The molecule has 0 spiro atoms. The first-order chi connectivity index (χ1) is 10.3. The summed E-state index contributed by atoms with van der Waals surface area (Å²) in [7, 11) is -3.54. The molecule has 2 aromatic carbocycles. The number of ether oxygens (including phenoxy) is 1. The molecule has 0 aromatic heterocycles.